The fourth-order valence-electron chi connectivity index (χ4n) is 3.46. The molecule has 1 aliphatic carbocycles. The number of amides is 1. The van der Waals surface area contributed by atoms with Gasteiger partial charge in [0.1, 0.15) is 17.6 Å². The molecule has 1 aromatic heterocycles. The van der Waals surface area contributed by atoms with Gasteiger partial charge in [-0.2, -0.15) is 0 Å². The lowest BCUT2D eigenvalue weighted by molar-refractivity contribution is 0.0273. The van der Waals surface area contributed by atoms with E-state index in [9.17, 15) is 9.18 Å². The minimum Gasteiger partial charge on any atom is -0.444 e. The minimum absolute atomic E-state index is 0.130. The number of carbonyl (C=O) groups is 1. The molecule has 0 radical (unpaired) electrons. The molecule has 4 atom stereocenters. The predicted octanol–water partition coefficient (Wildman–Crippen LogP) is 3.14. The second-order valence-electron chi connectivity index (χ2n) is 7.48. The van der Waals surface area contributed by atoms with E-state index in [-0.39, 0.29) is 24.0 Å². The lowest BCUT2D eigenvalue weighted by Crippen LogP contribution is -2.38. The smallest absolute Gasteiger partial charge is 0.410 e. The summed E-state index contributed by atoms with van der Waals surface area (Å²) in [6.45, 7) is 6.41. The standard InChI is InChI=1S/C16H22ClFN4O2/c1-16(2,3)24-15(23)22-7-9-6-11(14(18)10(9)8-22)19-13-5-4-12(17)20-21-13/h4-5,9-11,14H,6-8H2,1-3H3,(H,19,21)/t9-,10+,11+,14-/m1/s1. The molecule has 0 spiro atoms. The average Bonchev–Trinajstić information content (AvgIpc) is 3.01. The van der Waals surface area contributed by atoms with E-state index in [2.05, 4.69) is 15.5 Å². The van der Waals surface area contributed by atoms with Crippen LogP contribution in [-0.2, 0) is 4.74 Å². The van der Waals surface area contributed by atoms with Crippen LogP contribution in [0.15, 0.2) is 12.1 Å². The van der Waals surface area contributed by atoms with Gasteiger partial charge in [0.25, 0.3) is 0 Å². The molecule has 1 amide bonds. The molecule has 1 aromatic rings. The number of carbonyl (C=O) groups excluding carboxylic acids is 1. The number of ether oxygens (including phenoxy) is 1. The summed E-state index contributed by atoms with van der Waals surface area (Å²) in [4.78, 5) is 13.8. The van der Waals surface area contributed by atoms with Crippen molar-refractivity contribution < 1.29 is 13.9 Å². The van der Waals surface area contributed by atoms with Gasteiger partial charge >= 0.3 is 6.09 Å². The van der Waals surface area contributed by atoms with Crippen LogP contribution in [0.3, 0.4) is 0 Å². The Hall–Kier alpha value is -1.63. The number of alkyl halides is 1. The topological polar surface area (TPSA) is 67.3 Å². The van der Waals surface area contributed by atoms with Crippen LogP contribution >= 0.6 is 11.6 Å². The number of fused-ring (bicyclic) bond motifs is 1. The van der Waals surface area contributed by atoms with Crippen molar-refractivity contribution in [1.29, 1.82) is 0 Å². The second-order valence-corrected chi connectivity index (χ2v) is 7.87. The summed E-state index contributed by atoms with van der Waals surface area (Å²) in [6.07, 6.45) is -0.757. The van der Waals surface area contributed by atoms with Gasteiger partial charge in [-0.05, 0) is 45.2 Å². The summed E-state index contributed by atoms with van der Waals surface area (Å²) in [7, 11) is 0. The SMILES string of the molecule is CC(C)(C)OC(=O)N1C[C@H]2C[C@H](Nc3ccc(Cl)nn3)[C@H](F)[C@H]2C1. The Balaban J connectivity index is 1.58. The summed E-state index contributed by atoms with van der Waals surface area (Å²) in [5.74, 6) is 0.469. The molecule has 1 N–H and O–H groups in total. The van der Waals surface area contributed by atoms with E-state index in [0.717, 1.165) is 0 Å². The lowest BCUT2D eigenvalue weighted by atomic mass is 10.0. The van der Waals surface area contributed by atoms with Gasteiger partial charge in [0.15, 0.2) is 5.15 Å². The fourth-order valence-corrected chi connectivity index (χ4v) is 3.56. The Morgan fingerprint density at radius 1 is 1.38 bits per heavy atom. The molecule has 6 nitrogen and oxygen atoms in total. The molecule has 2 aliphatic rings. The van der Waals surface area contributed by atoms with E-state index in [1.165, 1.54) is 0 Å². The van der Waals surface area contributed by atoms with Gasteiger partial charge in [-0.25, -0.2) is 9.18 Å². The number of halogens is 2. The molecular formula is C16H22ClFN4O2. The molecule has 0 bridgehead atoms. The van der Waals surface area contributed by atoms with Crippen molar-refractivity contribution in [2.75, 3.05) is 18.4 Å². The van der Waals surface area contributed by atoms with Gasteiger partial charge in [0, 0.05) is 19.0 Å². The summed E-state index contributed by atoms with van der Waals surface area (Å²) in [5.41, 5.74) is -0.540. The molecule has 1 saturated carbocycles. The zero-order chi connectivity index (χ0) is 17.5. The third-order valence-corrected chi connectivity index (χ3v) is 4.66. The summed E-state index contributed by atoms with van der Waals surface area (Å²) < 4.78 is 20.1. The first kappa shape index (κ1) is 17.2. The Bertz CT molecular complexity index is 607. The lowest BCUT2D eigenvalue weighted by Gasteiger charge is -2.26. The van der Waals surface area contributed by atoms with Crippen LogP contribution in [0.5, 0.6) is 0 Å². The largest absolute Gasteiger partial charge is 0.444 e. The molecule has 0 aromatic carbocycles. The van der Waals surface area contributed by atoms with Gasteiger partial charge in [-0.1, -0.05) is 11.6 Å². The van der Waals surface area contributed by atoms with Crippen LogP contribution in [0.4, 0.5) is 15.0 Å². The zero-order valence-corrected chi connectivity index (χ0v) is 14.8. The summed E-state index contributed by atoms with van der Waals surface area (Å²) in [5, 5.41) is 11.0. The second kappa shape index (κ2) is 6.35. The van der Waals surface area contributed by atoms with Gasteiger partial charge in [0.05, 0.1) is 6.04 Å². The van der Waals surface area contributed by atoms with Crippen LogP contribution < -0.4 is 5.32 Å². The van der Waals surface area contributed by atoms with Gasteiger partial charge in [-0.15, -0.1) is 10.2 Å². The molecule has 2 fully saturated rings. The predicted molar refractivity (Wildman–Crippen MR) is 88.8 cm³/mol. The third kappa shape index (κ3) is 3.71. The average molecular weight is 357 g/mol. The highest BCUT2D eigenvalue weighted by Gasteiger charge is 2.50. The van der Waals surface area contributed by atoms with E-state index in [0.29, 0.717) is 30.5 Å². The number of hydrogen-bond donors (Lipinski definition) is 1. The molecule has 3 rings (SSSR count). The van der Waals surface area contributed by atoms with E-state index in [1.54, 1.807) is 17.0 Å². The highest BCUT2D eigenvalue weighted by atomic mass is 35.5. The molecule has 8 heteroatoms. The van der Waals surface area contributed by atoms with Crippen molar-refractivity contribution in [2.24, 2.45) is 11.8 Å². The fraction of sp³-hybridized carbons (Fsp3) is 0.688. The maximum absolute atomic E-state index is 14.8. The first-order valence-electron chi connectivity index (χ1n) is 8.11. The molecule has 132 valence electrons. The van der Waals surface area contributed by atoms with Crippen molar-refractivity contribution in [3.63, 3.8) is 0 Å². The number of hydrogen-bond acceptors (Lipinski definition) is 5. The summed E-state index contributed by atoms with van der Waals surface area (Å²) in [6, 6.07) is 2.98. The monoisotopic (exact) mass is 356 g/mol. The molecule has 0 unspecified atom stereocenters. The third-order valence-electron chi connectivity index (χ3n) is 4.46. The van der Waals surface area contributed by atoms with Crippen LogP contribution in [0.25, 0.3) is 0 Å². The van der Waals surface area contributed by atoms with E-state index >= 15 is 0 Å². The Morgan fingerprint density at radius 3 is 2.71 bits per heavy atom. The highest BCUT2D eigenvalue weighted by molar-refractivity contribution is 6.29. The van der Waals surface area contributed by atoms with Crippen molar-refractivity contribution >= 4 is 23.5 Å². The first-order chi connectivity index (χ1) is 11.2. The normalized spacial score (nSPS) is 29.5. The number of likely N-dealkylation sites (tertiary alicyclic amines) is 1. The maximum Gasteiger partial charge on any atom is 0.410 e. The van der Waals surface area contributed by atoms with Crippen molar-refractivity contribution in [3.8, 4) is 0 Å². The van der Waals surface area contributed by atoms with Gasteiger partial charge < -0.3 is 15.0 Å². The van der Waals surface area contributed by atoms with Crippen molar-refractivity contribution in [1.82, 2.24) is 15.1 Å². The van der Waals surface area contributed by atoms with Crippen LogP contribution in [0.2, 0.25) is 5.15 Å². The van der Waals surface area contributed by atoms with Crippen LogP contribution in [0.1, 0.15) is 27.2 Å². The van der Waals surface area contributed by atoms with Gasteiger partial charge in [0.2, 0.25) is 0 Å². The molecular weight excluding hydrogens is 335 g/mol. The molecule has 24 heavy (non-hydrogen) atoms. The highest BCUT2D eigenvalue weighted by Crippen LogP contribution is 2.41. The number of nitrogens with zero attached hydrogens (tertiary/aromatic N) is 3. The van der Waals surface area contributed by atoms with Crippen molar-refractivity contribution in [3.05, 3.63) is 17.3 Å². The maximum atomic E-state index is 14.8. The summed E-state index contributed by atoms with van der Waals surface area (Å²) >= 11 is 5.70. The zero-order valence-electron chi connectivity index (χ0n) is 14.0. The Morgan fingerprint density at radius 2 is 2.12 bits per heavy atom. The van der Waals surface area contributed by atoms with E-state index in [4.69, 9.17) is 16.3 Å². The first-order valence-corrected chi connectivity index (χ1v) is 8.48. The van der Waals surface area contributed by atoms with Crippen molar-refractivity contribution in [2.45, 2.75) is 45.0 Å². The van der Waals surface area contributed by atoms with Gasteiger partial charge in [-0.3, -0.25) is 0 Å². The Labute approximate surface area is 145 Å². The number of aromatic nitrogens is 2. The number of rotatable bonds is 2. The Kier molecular flexibility index (Phi) is 4.55. The van der Waals surface area contributed by atoms with E-state index in [1.807, 2.05) is 20.8 Å². The molecule has 1 aliphatic heterocycles. The molecule has 1 saturated heterocycles. The van der Waals surface area contributed by atoms with Crippen LogP contribution in [-0.4, -0.2) is 52.1 Å². The number of anilines is 1. The minimum atomic E-state index is -1.04. The molecule has 2 heterocycles. The quantitative estimate of drug-likeness (QED) is 0.881. The van der Waals surface area contributed by atoms with E-state index < -0.39 is 11.8 Å². The van der Waals surface area contributed by atoms with Crippen LogP contribution in [0, 0.1) is 11.8 Å². The number of nitrogens with one attached hydrogen (secondary N) is 1.